The summed E-state index contributed by atoms with van der Waals surface area (Å²) in [6, 6.07) is 4.04. The van der Waals surface area contributed by atoms with Gasteiger partial charge in [0.15, 0.2) is 0 Å². The standard InChI is InChI=1S/C11H11N3.C2H6/c1-2-9-3-4-10(14-7-9)11-8-12-5-6-13-11;1-2/h3-8H,2H2,1H3;1-2H3. The summed E-state index contributed by atoms with van der Waals surface area (Å²) in [4.78, 5) is 12.5. The van der Waals surface area contributed by atoms with Gasteiger partial charge in [-0.05, 0) is 18.1 Å². The highest BCUT2D eigenvalue weighted by Gasteiger charge is 1.99. The second-order valence-electron chi connectivity index (χ2n) is 3.00. The van der Waals surface area contributed by atoms with E-state index >= 15 is 0 Å². The van der Waals surface area contributed by atoms with Crippen LogP contribution in [0.3, 0.4) is 0 Å². The fourth-order valence-corrected chi connectivity index (χ4v) is 1.22. The van der Waals surface area contributed by atoms with Crippen LogP contribution in [0.15, 0.2) is 36.9 Å². The fraction of sp³-hybridized carbons (Fsp3) is 0.308. The van der Waals surface area contributed by atoms with Crippen molar-refractivity contribution >= 4 is 0 Å². The molecule has 3 nitrogen and oxygen atoms in total. The van der Waals surface area contributed by atoms with E-state index in [9.17, 15) is 0 Å². The third kappa shape index (κ3) is 3.12. The lowest BCUT2D eigenvalue weighted by Gasteiger charge is -1.99. The van der Waals surface area contributed by atoms with Crippen LogP contribution >= 0.6 is 0 Å². The average Bonchev–Trinajstić information content (AvgIpc) is 2.42. The molecular weight excluding hydrogens is 198 g/mol. The quantitative estimate of drug-likeness (QED) is 0.772. The first-order chi connectivity index (χ1) is 7.90. The van der Waals surface area contributed by atoms with Crippen LogP contribution < -0.4 is 0 Å². The Bertz CT molecular complexity index is 395. The summed E-state index contributed by atoms with van der Waals surface area (Å²) in [5.41, 5.74) is 2.92. The first-order valence-corrected chi connectivity index (χ1v) is 5.61. The molecule has 0 aliphatic carbocycles. The average molecular weight is 215 g/mol. The van der Waals surface area contributed by atoms with Crippen LogP contribution in [0.2, 0.25) is 0 Å². The summed E-state index contributed by atoms with van der Waals surface area (Å²) < 4.78 is 0. The molecule has 0 N–H and O–H groups in total. The van der Waals surface area contributed by atoms with Gasteiger partial charge in [0.25, 0.3) is 0 Å². The second kappa shape index (κ2) is 6.67. The molecule has 84 valence electrons. The normalized spacial score (nSPS) is 9.19. The van der Waals surface area contributed by atoms with Gasteiger partial charge in [0.1, 0.15) is 5.69 Å². The summed E-state index contributed by atoms with van der Waals surface area (Å²) >= 11 is 0. The van der Waals surface area contributed by atoms with E-state index < -0.39 is 0 Å². The van der Waals surface area contributed by atoms with Gasteiger partial charge in [0.05, 0.1) is 11.9 Å². The van der Waals surface area contributed by atoms with Crippen molar-refractivity contribution in [3.8, 4) is 11.4 Å². The van der Waals surface area contributed by atoms with Crippen LogP contribution in [0, 0.1) is 0 Å². The monoisotopic (exact) mass is 215 g/mol. The topological polar surface area (TPSA) is 38.7 Å². The Morgan fingerprint density at radius 2 is 1.75 bits per heavy atom. The first kappa shape index (κ1) is 12.3. The molecule has 2 rings (SSSR count). The largest absolute Gasteiger partial charge is 0.261 e. The smallest absolute Gasteiger partial charge is 0.107 e. The zero-order valence-corrected chi connectivity index (χ0v) is 10.0. The lowest BCUT2D eigenvalue weighted by atomic mass is 10.2. The molecule has 0 fully saturated rings. The maximum absolute atomic E-state index is 4.32. The Hall–Kier alpha value is -1.77. The Labute approximate surface area is 96.6 Å². The third-order valence-electron chi connectivity index (χ3n) is 2.06. The molecule has 2 heterocycles. The predicted octanol–water partition coefficient (Wildman–Crippen LogP) is 3.13. The molecule has 0 amide bonds. The summed E-state index contributed by atoms with van der Waals surface area (Å²) in [5.74, 6) is 0. The minimum Gasteiger partial charge on any atom is -0.261 e. The number of rotatable bonds is 2. The number of pyridine rings is 1. The highest BCUT2D eigenvalue weighted by Crippen LogP contribution is 2.12. The molecule has 0 radical (unpaired) electrons. The van der Waals surface area contributed by atoms with Gasteiger partial charge in [-0.25, -0.2) is 0 Å². The molecule has 0 saturated heterocycles. The first-order valence-electron chi connectivity index (χ1n) is 5.61. The van der Waals surface area contributed by atoms with E-state index in [2.05, 4.69) is 27.9 Å². The number of aromatic nitrogens is 3. The fourth-order valence-electron chi connectivity index (χ4n) is 1.22. The van der Waals surface area contributed by atoms with E-state index in [1.807, 2.05) is 26.1 Å². The van der Waals surface area contributed by atoms with Crippen molar-refractivity contribution in [3.63, 3.8) is 0 Å². The van der Waals surface area contributed by atoms with Crippen molar-refractivity contribution in [3.05, 3.63) is 42.5 Å². The van der Waals surface area contributed by atoms with E-state index in [1.54, 1.807) is 18.6 Å². The van der Waals surface area contributed by atoms with Gasteiger partial charge in [0, 0.05) is 18.6 Å². The predicted molar refractivity (Wildman–Crippen MR) is 66.0 cm³/mol. The summed E-state index contributed by atoms with van der Waals surface area (Å²) in [6.45, 7) is 6.11. The third-order valence-corrected chi connectivity index (χ3v) is 2.06. The highest BCUT2D eigenvalue weighted by molar-refractivity contribution is 5.52. The Kier molecular flexibility index (Phi) is 5.12. The molecule has 3 heteroatoms. The summed E-state index contributed by atoms with van der Waals surface area (Å²) in [7, 11) is 0. The SMILES string of the molecule is CC.CCc1ccc(-c2cnccn2)nc1. The van der Waals surface area contributed by atoms with Crippen molar-refractivity contribution < 1.29 is 0 Å². The second-order valence-corrected chi connectivity index (χ2v) is 3.00. The van der Waals surface area contributed by atoms with Crippen LogP contribution in [0.5, 0.6) is 0 Å². The van der Waals surface area contributed by atoms with Gasteiger partial charge in [-0.1, -0.05) is 26.8 Å². The molecule has 2 aromatic heterocycles. The molecular formula is C13H17N3. The van der Waals surface area contributed by atoms with E-state index in [0.29, 0.717) is 0 Å². The van der Waals surface area contributed by atoms with Crippen LogP contribution in [0.25, 0.3) is 11.4 Å². The Morgan fingerprint density at radius 1 is 0.938 bits per heavy atom. The van der Waals surface area contributed by atoms with E-state index in [0.717, 1.165) is 17.8 Å². The molecule has 0 aliphatic heterocycles. The van der Waals surface area contributed by atoms with Crippen molar-refractivity contribution in [1.82, 2.24) is 15.0 Å². The molecule has 0 aromatic carbocycles. The minimum atomic E-state index is 0.815. The van der Waals surface area contributed by atoms with Crippen LogP contribution in [-0.2, 0) is 6.42 Å². The number of hydrogen-bond acceptors (Lipinski definition) is 3. The molecule has 0 atom stereocenters. The molecule has 0 saturated carbocycles. The van der Waals surface area contributed by atoms with E-state index in [-0.39, 0.29) is 0 Å². The Balaban J connectivity index is 0.000000606. The Morgan fingerprint density at radius 3 is 2.25 bits per heavy atom. The maximum atomic E-state index is 4.32. The molecule has 0 aliphatic rings. The van der Waals surface area contributed by atoms with E-state index in [4.69, 9.17) is 0 Å². The summed E-state index contributed by atoms with van der Waals surface area (Å²) in [5, 5.41) is 0. The number of nitrogens with zero attached hydrogens (tertiary/aromatic N) is 3. The van der Waals surface area contributed by atoms with Gasteiger partial charge in [-0.3, -0.25) is 15.0 Å². The van der Waals surface area contributed by atoms with Gasteiger partial charge >= 0.3 is 0 Å². The van der Waals surface area contributed by atoms with Gasteiger partial charge < -0.3 is 0 Å². The van der Waals surface area contributed by atoms with Crippen molar-refractivity contribution in [1.29, 1.82) is 0 Å². The molecule has 2 aromatic rings. The lowest BCUT2D eigenvalue weighted by molar-refractivity contribution is 1.10. The molecule has 0 unspecified atom stereocenters. The molecule has 16 heavy (non-hydrogen) atoms. The summed E-state index contributed by atoms with van der Waals surface area (Å²) in [6.07, 6.45) is 7.93. The zero-order chi connectivity index (χ0) is 11.8. The van der Waals surface area contributed by atoms with Gasteiger partial charge in [-0.2, -0.15) is 0 Å². The van der Waals surface area contributed by atoms with Crippen molar-refractivity contribution in [2.24, 2.45) is 0 Å². The lowest BCUT2D eigenvalue weighted by Crippen LogP contribution is -1.89. The number of aryl methyl sites for hydroxylation is 1. The van der Waals surface area contributed by atoms with Crippen LogP contribution in [0.4, 0.5) is 0 Å². The highest BCUT2D eigenvalue weighted by atomic mass is 14.8. The van der Waals surface area contributed by atoms with Crippen LogP contribution in [-0.4, -0.2) is 15.0 Å². The van der Waals surface area contributed by atoms with Crippen LogP contribution in [0.1, 0.15) is 26.3 Å². The van der Waals surface area contributed by atoms with Crippen molar-refractivity contribution in [2.75, 3.05) is 0 Å². The van der Waals surface area contributed by atoms with E-state index in [1.165, 1.54) is 5.56 Å². The number of hydrogen-bond donors (Lipinski definition) is 0. The minimum absolute atomic E-state index is 0.815. The molecule has 0 spiro atoms. The zero-order valence-electron chi connectivity index (χ0n) is 10.0. The van der Waals surface area contributed by atoms with Crippen molar-refractivity contribution in [2.45, 2.75) is 27.2 Å². The molecule has 0 bridgehead atoms. The van der Waals surface area contributed by atoms with Gasteiger partial charge in [-0.15, -0.1) is 0 Å². The van der Waals surface area contributed by atoms with Gasteiger partial charge in [0.2, 0.25) is 0 Å². The maximum Gasteiger partial charge on any atom is 0.107 e.